The minimum absolute atomic E-state index is 0.261. The van der Waals surface area contributed by atoms with E-state index in [1.54, 1.807) is 24.3 Å². The molecule has 0 aliphatic rings. The Morgan fingerprint density at radius 2 is 1.62 bits per heavy atom. The highest BCUT2D eigenvalue weighted by Gasteiger charge is 2.21. The largest absolute Gasteiger partial charge is 0.334 e. The van der Waals surface area contributed by atoms with Gasteiger partial charge in [0.2, 0.25) is 10.0 Å². The number of carbonyl (C=O) groups excluding carboxylic acids is 1. The van der Waals surface area contributed by atoms with Gasteiger partial charge < -0.3 is 10.6 Å². The Hall–Kier alpha value is -2.38. The molecular weight excluding hydrogens is 386 g/mol. The van der Waals surface area contributed by atoms with Crippen LogP contribution in [0.4, 0.5) is 10.5 Å². The molecule has 7 heteroatoms. The number of anilines is 1. The lowest BCUT2D eigenvalue weighted by atomic mass is 9.97. The van der Waals surface area contributed by atoms with E-state index in [1.165, 1.54) is 4.31 Å². The molecule has 0 bridgehead atoms. The summed E-state index contributed by atoms with van der Waals surface area (Å²) in [5.74, 6) is 0.354. The van der Waals surface area contributed by atoms with E-state index in [4.69, 9.17) is 0 Å². The van der Waals surface area contributed by atoms with Crippen LogP contribution in [0, 0.1) is 0 Å². The van der Waals surface area contributed by atoms with Crippen LogP contribution in [0.3, 0.4) is 0 Å². The fourth-order valence-corrected chi connectivity index (χ4v) is 4.56. The van der Waals surface area contributed by atoms with Gasteiger partial charge in [0.15, 0.2) is 0 Å². The second-order valence-corrected chi connectivity index (χ2v) is 8.88. The van der Waals surface area contributed by atoms with E-state index in [1.807, 2.05) is 38.1 Å². The Kier molecular flexibility index (Phi) is 8.22. The van der Waals surface area contributed by atoms with Crippen LogP contribution < -0.4 is 10.6 Å². The smallest absolute Gasteiger partial charge is 0.319 e. The maximum Gasteiger partial charge on any atom is 0.319 e. The molecule has 0 heterocycles. The summed E-state index contributed by atoms with van der Waals surface area (Å²) in [7, 11) is -3.47. The number of nitrogens with zero attached hydrogens (tertiary/aromatic N) is 1. The second-order valence-electron chi connectivity index (χ2n) is 6.94. The maximum atomic E-state index is 12.5. The number of hydrogen-bond acceptors (Lipinski definition) is 3. The van der Waals surface area contributed by atoms with Gasteiger partial charge in [0.1, 0.15) is 0 Å². The molecule has 2 aromatic carbocycles. The molecule has 29 heavy (non-hydrogen) atoms. The monoisotopic (exact) mass is 417 g/mol. The van der Waals surface area contributed by atoms with Crippen molar-refractivity contribution < 1.29 is 13.2 Å². The molecule has 2 N–H and O–H groups in total. The van der Waals surface area contributed by atoms with Gasteiger partial charge in [-0.3, -0.25) is 0 Å². The van der Waals surface area contributed by atoms with Crippen molar-refractivity contribution in [2.75, 3.05) is 18.4 Å². The lowest BCUT2D eigenvalue weighted by molar-refractivity contribution is 0.251. The summed E-state index contributed by atoms with van der Waals surface area (Å²) in [6.45, 7) is 9.05. The molecule has 0 fully saturated rings. The molecule has 2 rings (SSSR count). The zero-order valence-corrected chi connectivity index (χ0v) is 18.4. The molecular formula is C22H31N3O3S. The van der Waals surface area contributed by atoms with Crippen molar-refractivity contribution in [3.8, 4) is 0 Å². The van der Waals surface area contributed by atoms with Gasteiger partial charge in [0.05, 0.1) is 4.90 Å². The van der Waals surface area contributed by atoms with Crippen LogP contribution in [0.2, 0.25) is 0 Å². The first-order valence-corrected chi connectivity index (χ1v) is 11.5. The number of rotatable bonds is 9. The van der Waals surface area contributed by atoms with E-state index in [0.717, 1.165) is 23.2 Å². The third kappa shape index (κ3) is 5.81. The number of amides is 2. The fourth-order valence-electron chi connectivity index (χ4n) is 3.10. The van der Waals surface area contributed by atoms with E-state index < -0.39 is 10.0 Å². The topological polar surface area (TPSA) is 78.5 Å². The summed E-state index contributed by atoms with van der Waals surface area (Å²) in [6, 6.07) is 14.1. The minimum Gasteiger partial charge on any atom is -0.334 e. The van der Waals surface area contributed by atoms with Crippen LogP contribution in [0.5, 0.6) is 0 Å². The zero-order chi connectivity index (χ0) is 21.4. The summed E-state index contributed by atoms with van der Waals surface area (Å²) < 4.78 is 26.5. The number of benzene rings is 2. The molecule has 0 aromatic heterocycles. The Bertz CT molecular complexity index is 907. The molecule has 0 saturated carbocycles. The van der Waals surface area contributed by atoms with Crippen LogP contribution in [-0.2, 0) is 16.6 Å². The lowest BCUT2D eigenvalue weighted by Gasteiger charge is -2.18. The van der Waals surface area contributed by atoms with Gasteiger partial charge in [0.25, 0.3) is 0 Å². The third-order valence-corrected chi connectivity index (χ3v) is 7.14. The highest BCUT2D eigenvalue weighted by atomic mass is 32.2. The lowest BCUT2D eigenvalue weighted by Crippen LogP contribution is -2.30. The Balaban J connectivity index is 2.00. The minimum atomic E-state index is -3.47. The molecule has 0 aliphatic heterocycles. The summed E-state index contributed by atoms with van der Waals surface area (Å²) in [5.41, 5.74) is 2.74. The predicted molar refractivity (Wildman–Crippen MR) is 118 cm³/mol. The van der Waals surface area contributed by atoms with Crippen LogP contribution in [0.1, 0.15) is 51.2 Å². The Morgan fingerprint density at radius 1 is 1.00 bits per heavy atom. The average Bonchev–Trinajstić information content (AvgIpc) is 2.73. The van der Waals surface area contributed by atoms with Crippen molar-refractivity contribution in [3.63, 3.8) is 0 Å². The molecule has 1 atom stereocenters. The normalized spacial score (nSPS) is 12.6. The highest BCUT2D eigenvalue weighted by molar-refractivity contribution is 7.89. The van der Waals surface area contributed by atoms with Crippen molar-refractivity contribution in [1.29, 1.82) is 0 Å². The Labute approximate surface area is 174 Å². The molecule has 0 saturated heterocycles. The maximum absolute atomic E-state index is 12.5. The van der Waals surface area contributed by atoms with Crippen molar-refractivity contribution in [2.45, 2.75) is 51.5 Å². The van der Waals surface area contributed by atoms with Crippen LogP contribution in [0.25, 0.3) is 0 Å². The van der Waals surface area contributed by atoms with E-state index in [9.17, 15) is 13.2 Å². The van der Waals surface area contributed by atoms with Gasteiger partial charge in [-0.15, -0.1) is 0 Å². The van der Waals surface area contributed by atoms with Gasteiger partial charge in [-0.05, 0) is 41.7 Å². The molecule has 0 radical (unpaired) electrons. The summed E-state index contributed by atoms with van der Waals surface area (Å²) in [5, 5.41) is 5.73. The van der Waals surface area contributed by atoms with Crippen LogP contribution >= 0.6 is 0 Å². The number of carbonyl (C=O) groups is 1. The number of nitrogens with one attached hydrogen (secondary N) is 2. The van der Waals surface area contributed by atoms with Crippen LogP contribution in [0.15, 0.2) is 53.4 Å². The summed E-state index contributed by atoms with van der Waals surface area (Å²) in [6.07, 6.45) is 0.989. The number of sulfonamides is 1. The van der Waals surface area contributed by atoms with Crippen molar-refractivity contribution >= 4 is 21.7 Å². The Morgan fingerprint density at radius 3 is 2.21 bits per heavy atom. The van der Waals surface area contributed by atoms with E-state index in [0.29, 0.717) is 25.6 Å². The van der Waals surface area contributed by atoms with E-state index in [-0.39, 0.29) is 10.9 Å². The summed E-state index contributed by atoms with van der Waals surface area (Å²) in [4.78, 5) is 12.6. The molecule has 2 aromatic rings. The van der Waals surface area contributed by atoms with Gasteiger partial charge in [0, 0.05) is 25.3 Å². The van der Waals surface area contributed by atoms with Gasteiger partial charge >= 0.3 is 6.03 Å². The molecule has 2 amide bonds. The van der Waals surface area contributed by atoms with Crippen molar-refractivity contribution in [1.82, 2.24) is 9.62 Å². The molecule has 6 nitrogen and oxygen atoms in total. The standard InChI is InChI=1S/C22H31N3O3S/c1-5-17(4)20-10-8-9-11-21(20)24-22(26)23-16-18-12-14-19(15-13-18)29(27,28)25(6-2)7-3/h8-15,17H,5-7,16H2,1-4H3,(H2,23,24,26)/t17-/m1/s1. The zero-order valence-electron chi connectivity index (χ0n) is 17.6. The van der Waals surface area contributed by atoms with Gasteiger partial charge in [-0.1, -0.05) is 58.0 Å². The van der Waals surface area contributed by atoms with Crippen molar-refractivity contribution in [2.24, 2.45) is 0 Å². The predicted octanol–water partition coefficient (Wildman–Crippen LogP) is 4.55. The summed E-state index contributed by atoms with van der Waals surface area (Å²) >= 11 is 0. The average molecular weight is 418 g/mol. The van der Waals surface area contributed by atoms with Gasteiger partial charge in [-0.2, -0.15) is 4.31 Å². The first-order valence-electron chi connectivity index (χ1n) is 10.1. The molecule has 0 unspecified atom stereocenters. The quantitative estimate of drug-likeness (QED) is 0.628. The number of urea groups is 1. The van der Waals surface area contributed by atoms with Crippen molar-refractivity contribution in [3.05, 3.63) is 59.7 Å². The molecule has 0 spiro atoms. The fraction of sp³-hybridized carbons (Fsp3) is 0.409. The molecule has 0 aliphatic carbocycles. The van der Waals surface area contributed by atoms with E-state index >= 15 is 0 Å². The van der Waals surface area contributed by atoms with E-state index in [2.05, 4.69) is 24.5 Å². The highest BCUT2D eigenvalue weighted by Crippen LogP contribution is 2.26. The second kappa shape index (κ2) is 10.4. The van der Waals surface area contributed by atoms with Gasteiger partial charge in [-0.25, -0.2) is 13.2 Å². The SMILES string of the molecule is CC[C@@H](C)c1ccccc1NC(=O)NCc1ccc(S(=O)(=O)N(CC)CC)cc1. The number of para-hydroxylation sites is 1. The molecule has 158 valence electrons. The van der Waals surface area contributed by atoms with Crippen LogP contribution in [-0.4, -0.2) is 31.8 Å². The first-order chi connectivity index (χ1) is 13.8. The first kappa shape index (κ1) is 22.9. The third-order valence-electron chi connectivity index (χ3n) is 5.07. The number of hydrogen-bond donors (Lipinski definition) is 2.